The van der Waals surface area contributed by atoms with Gasteiger partial charge in [-0.3, -0.25) is 4.55 Å². The predicted octanol–water partition coefficient (Wildman–Crippen LogP) is 1.12. The number of nitrogens with zero attached hydrogens (tertiary/aromatic N) is 1. The number of para-hydroxylation sites is 2. The van der Waals surface area contributed by atoms with Gasteiger partial charge >= 0.3 is 0 Å². The predicted molar refractivity (Wildman–Crippen MR) is 60.3 cm³/mol. The Kier molecular flexibility index (Phi) is 3.02. The summed E-state index contributed by atoms with van der Waals surface area (Å²) in [6, 6.07) is 7.59. The molecule has 6 heteroatoms. The average molecular weight is 243 g/mol. The Morgan fingerprint density at radius 3 is 2.88 bits per heavy atom. The quantitative estimate of drug-likeness (QED) is 0.803. The SMILES string of the molecule is O=S(=O)(O)CCCN1COc2ccccc21. The van der Waals surface area contributed by atoms with Crippen LogP contribution in [0.3, 0.4) is 0 Å². The molecular formula is C10H13NO4S. The number of hydrogen-bond acceptors (Lipinski definition) is 4. The Labute approximate surface area is 94.4 Å². The molecule has 0 amide bonds. The van der Waals surface area contributed by atoms with Gasteiger partial charge in [-0.05, 0) is 18.6 Å². The molecule has 0 aliphatic carbocycles. The molecule has 1 heterocycles. The summed E-state index contributed by atoms with van der Waals surface area (Å²) in [4.78, 5) is 1.94. The van der Waals surface area contributed by atoms with Gasteiger partial charge in [-0.15, -0.1) is 0 Å². The van der Waals surface area contributed by atoms with Crippen molar-refractivity contribution in [3.8, 4) is 5.75 Å². The number of anilines is 1. The maximum absolute atomic E-state index is 10.6. The van der Waals surface area contributed by atoms with Gasteiger partial charge in [0.05, 0.1) is 11.4 Å². The van der Waals surface area contributed by atoms with Crippen molar-refractivity contribution in [3.05, 3.63) is 24.3 Å². The Morgan fingerprint density at radius 1 is 1.38 bits per heavy atom. The molecular weight excluding hydrogens is 230 g/mol. The molecule has 0 saturated heterocycles. The zero-order valence-electron chi connectivity index (χ0n) is 8.67. The molecule has 0 bridgehead atoms. The molecule has 0 aromatic heterocycles. The lowest BCUT2D eigenvalue weighted by atomic mass is 10.3. The smallest absolute Gasteiger partial charge is 0.264 e. The van der Waals surface area contributed by atoms with E-state index in [1.54, 1.807) is 0 Å². The summed E-state index contributed by atoms with van der Waals surface area (Å²) in [5, 5.41) is 0. The number of rotatable bonds is 4. The molecule has 16 heavy (non-hydrogen) atoms. The van der Waals surface area contributed by atoms with Crippen LogP contribution in [0.15, 0.2) is 24.3 Å². The van der Waals surface area contributed by atoms with Gasteiger partial charge in [0.15, 0.2) is 6.73 Å². The first-order valence-electron chi connectivity index (χ1n) is 4.98. The maximum atomic E-state index is 10.6. The van der Waals surface area contributed by atoms with Crippen molar-refractivity contribution >= 4 is 15.8 Å². The molecule has 0 fully saturated rings. The largest absolute Gasteiger partial charge is 0.471 e. The van der Waals surface area contributed by atoms with Crippen LogP contribution in [0.25, 0.3) is 0 Å². The van der Waals surface area contributed by atoms with E-state index in [0.717, 1.165) is 11.4 Å². The van der Waals surface area contributed by atoms with Crippen molar-refractivity contribution < 1.29 is 17.7 Å². The van der Waals surface area contributed by atoms with E-state index in [0.29, 0.717) is 19.7 Å². The lowest BCUT2D eigenvalue weighted by Gasteiger charge is -2.15. The van der Waals surface area contributed by atoms with Crippen molar-refractivity contribution in [1.82, 2.24) is 0 Å². The maximum Gasteiger partial charge on any atom is 0.264 e. The van der Waals surface area contributed by atoms with Crippen LogP contribution < -0.4 is 9.64 Å². The molecule has 0 saturated carbocycles. The second-order valence-corrected chi connectivity index (χ2v) is 5.22. The third kappa shape index (κ3) is 2.65. The zero-order chi connectivity index (χ0) is 11.6. The van der Waals surface area contributed by atoms with E-state index in [1.165, 1.54) is 0 Å². The summed E-state index contributed by atoms with van der Waals surface area (Å²) in [5.74, 6) is 0.598. The highest BCUT2D eigenvalue weighted by Crippen LogP contribution is 2.32. The third-order valence-corrected chi connectivity index (χ3v) is 3.22. The first kappa shape index (κ1) is 11.2. The van der Waals surface area contributed by atoms with Gasteiger partial charge in [-0.1, -0.05) is 12.1 Å². The Morgan fingerprint density at radius 2 is 2.12 bits per heavy atom. The minimum absolute atomic E-state index is 0.217. The first-order valence-corrected chi connectivity index (χ1v) is 6.59. The van der Waals surface area contributed by atoms with Crippen LogP contribution in [0.4, 0.5) is 5.69 Å². The van der Waals surface area contributed by atoms with E-state index in [4.69, 9.17) is 9.29 Å². The molecule has 1 aliphatic rings. The summed E-state index contributed by atoms with van der Waals surface area (Å²) in [5.41, 5.74) is 0.970. The van der Waals surface area contributed by atoms with Crippen LogP contribution in [-0.2, 0) is 10.1 Å². The summed E-state index contributed by atoms with van der Waals surface area (Å²) in [7, 11) is -3.86. The normalized spacial score (nSPS) is 14.7. The number of hydrogen-bond donors (Lipinski definition) is 1. The molecule has 1 N–H and O–H groups in total. The van der Waals surface area contributed by atoms with Crippen molar-refractivity contribution in [2.24, 2.45) is 0 Å². The minimum atomic E-state index is -3.86. The Hall–Kier alpha value is -1.27. The number of ether oxygens (including phenoxy) is 1. The van der Waals surface area contributed by atoms with Crippen LogP contribution >= 0.6 is 0 Å². The Balaban J connectivity index is 1.94. The molecule has 1 aliphatic heterocycles. The summed E-state index contributed by atoms with van der Waals surface area (Å²) in [6.07, 6.45) is 0.385. The zero-order valence-corrected chi connectivity index (χ0v) is 9.48. The molecule has 0 atom stereocenters. The van der Waals surface area contributed by atoms with E-state index in [2.05, 4.69) is 0 Å². The lowest BCUT2D eigenvalue weighted by Crippen LogP contribution is -2.24. The molecule has 88 valence electrons. The summed E-state index contributed by atoms with van der Waals surface area (Å²) in [6.45, 7) is 0.988. The van der Waals surface area contributed by atoms with Gasteiger partial charge in [0.25, 0.3) is 10.1 Å². The molecule has 0 radical (unpaired) electrons. The van der Waals surface area contributed by atoms with Crippen LogP contribution in [0.2, 0.25) is 0 Å². The average Bonchev–Trinajstić information content (AvgIpc) is 2.60. The standard InChI is InChI=1S/C10H13NO4S/c12-16(13,14)7-3-6-11-8-15-10-5-2-1-4-9(10)11/h1-2,4-5H,3,6-8H2,(H,12,13,14). The highest BCUT2D eigenvalue weighted by Gasteiger charge is 2.19. The fraction of sp³-hybridized carbons (Fsp3) is 0.400. The van der Waals surface area contributed by atoms with E-state index in [1.807, 2.05) is 29.2 Å². The monoisotopic (exact) mass is 243 g/mol. The van der Waals surface area contributed by atoms with Crippen molar-refractivity contribution in [1.29, 1.82) is 0 Å². The number of fused-ring (bicyclic) bond motifs is 1. The van der Waals surface area contributed by atoms with E-state index >= 15 is 0 Å². The van der Waals surface area contributed by atoms with E-state index in [-0.39, 0.29) is 5.75 Å². The van der Waals surface area contributed by atoms with Crippen LogP contribution in [0, 0.1) is 0 Å². The van der Waals surface area contributed by atoms with Gasteiger partial charge < -0.3 is 9.64 Å². The molecule has 1 aromatic rings. The van der Waals surface area contributed by atoms with Crippen molar-refractivity contribution in [2.75, 3.05) is 23.9 Å². The third-order valence-electron chi connectivity index (χ3n) is 2.41. The second kappa shape index (κ2) is 4.31. The lowest BCUT2D eigenvalue weighted by molar-refractivity contribution is 0.346. The summed E-state index contributed by atoms with van der Waals surface area (Å²) >= 11 is 0. The fourth-order valence-corrected chi connectivity index (χ4v) is 2.17. The van der Waals surface area contributed by atoms with Gasteiger partial charge in [0.2, 0.25) is 0 Å². The van der Waals surface area contributed by atoms with Crippen molar-refractivity contribution in [3.63, 3.8) is 0 Å². The topological polar surface area (TPSA) is 66.8 Å². The first-order chi connectivity index (χ1) is 7.56. The van der Waals surface area contributed by atoms with E-state index < -0.39 is 10.1 Å². The Bertz CT molecular complexity index is 471. The van der Waals surface area contributed by atoms with Crippen LogP contribution in [0.5, 0.6) is 5.75 Å². The van der Waals surface area contributed by atoms with Crippen LogP contribution in [0.1, 0.15) is 6.42 Å². The highest BCUT2D eigenvalue weighted by molar-refractivity contribution is 7.85. The minimum Gasteiger partial charge on any atom is -0.471 e. The van der Waals surface area contributed by atoms with Gasteiger partial charge in [-0.2, -0.15) is 8.42 Å². The molecule has 0 unspecified atom stereocenters. The van der Waals surface area contributed by atoms with Crippen molar-refractivity contribution in [2.45, 2.75) is 6.42 Å². The van der Waals surface area contributed by atoms with Gasteiger partial charge in [-0.25, -0.2) is 0 Å². The van der Waals surface area contributed by atoms with E-state index in [9.17, 15) is 8.42 Å². The second-order valence-electron chi connectivity index (χ2n) is 3.64. The molecule has 0 spiro atoms. The van der Waals surface area contributed by atoms with Gasteiger partial charge in [0.1, 0.15) is 5.75 Å². The highest BCUT2D eigenvalue weighted by atomic mass is 32.2. The fourth-order valence-electron chi connectivity index (χ4n) is 1.68. The number of benzene rings is 1. The molecule has 1 aromatic carbocycles. The molecule has 2 rings (SSSR count). The summed E-state index contributed by atoms with van der Waals surface area (Å²) < 4.78 is 35.1. The molecule has 5 nitrogen and oxygen atoms in total. The van der Waals surface area contributed by atoms with Gasteiger partial charge in [0, 0.05) is 6.54 Å². The van der Waals surface area contributed by atoms with Crippen LogP contribution in [-0.4, -0.2) is 32.0 Å².